The quantitative estimate of drug-likeness (QED) is 0.791. The minimum atomic E-state index is -0.0115. The third-order valence-corrected chi connectivity index (χ3v) is 5.82. The Labute approximate surface area is 142 Å². The van der Waals surface area contributed by atoms with E-state index in [1.165, 1.54) is 25.7 Å². The first-order valence-corrected chi connectivity index (χ1v) is 8.99. The number of carbonyl (C=O) groups is 2. The zero-order valence-corrected chi connectivity index (χ0v) is 14.3. The monoisotopic (exact) mass is 333 g/mol. The number of rotatable bonds is 6. The summed E-state index contributed by atoms with van der Waals surface area (Å²) in [6, 6.07) is 7.04. The fraction of sp³-hybridized carbons (Fsp3) is 0.579. The summed E-state index contributed by atoms with van der Waals surface area (Å²) >= 11 is 5.81. The van der Waals surface area contributed by atoms with Gasteiger partial charge in [-0.3, -0.25) is 9.59 Å². The summed E-state index contributed by atoms with van der Waals surface area (Å²) in [4.78, 5) is 24.2. The number of hydrogen-bond acceptors (Lipinski definition) is 2. The second-order valence-corrected chi connectivity index (χ2v) is 7.56. The molecule has 124 valence electrons. The molecule has 2 aliphatic rings. The lowest BCUT2D eigenvalue weighted by Crippen LogP contribution is -2.40. The van der Waals surface area contributed by atoms with Crippen molar-refractivity contribution in [2.45, 2.75) is 51.5 Å². The maximum absolute atomic E-state index is 12.1. The summed E-state index contributed by atoms with van der Waals surface area (Å²) in [5.41, 5.74) is 0.614. The molecule has 0 heterocycles. The first-order valence-electron chi connectivity index (χ1n) is 8.61. The lowest BCUT2D eigenvalue weighted by atomic mass is 9.84. The first-order chi connectivity index (χ1) is 11.0. The van der Waals surface area contributed by atoms with Crippen molar-refractivity contribution in [3.05, 3.63) is 34.9 Å². The second-order valence-electron chi connectivity index (χ2n) is 7.12. The van der Waals surface area contributed by atoms with Gasteiger partial charge in [0.25, 0.3) is 0 Å². The van der Waals surface area contributed by atoms with Gasteiger partial charge in [0, 0.05) is 29.5 Å². The molecule has 1 aromatic carbocycles. The molecule has 23 heavy (non-hydrogen) atoms. The van der Waals surface area contributed by atoms with Crippen molar-refractivity contribution in [1.82, 2.24) is 5.32 Å². The Hall–Kier alpha value is -1.35. The van der Waals surface area contributed by atoms with Crippen molar-refractivity contribution in [2.24, 2.45) is 17.8 Å². The highest BCUT2D eigenvalue weighted by Gasteiger charge is 2.42. The topological polar surface area (TPSA) is 46.2 Å². The number of nitrogens with one attached hydrogen (secondary N) is 1. The minimum Gasteiger partial charge on any atom is -0.353 e. The number of amides is 1. The van der Waals surface area contributed by atoms with Gasteiger partial charge in [-0.05, 0) is 68.2 Å². The van der Waals surface area contributed by atoms with Crippen LogP contribution >= 0.6 is 11.6 Å². The van der Waals surface area contributed by atoms with E-state index < -0.39 is 0 Å². The Balaban J connectivity index is 1.44. The van der Waals surface area contributed by atoms with E-state index in [2.05, 4.69) is 12.2 Å². The fourth-order valence-corrected chi connectivity index (χ4v) is 4.47. The average Bonchev–Trinajstić information content (AvgIpc) is 3.16. The van der Waals surface area contributed by atoms with Crippen LogP contribution in [0.1, 0.15) is 55.8 Å². The summed E-state index contributed by atoms with van der Waals surface area (Å²) < 4.78 is 0. The molecule has 3 rings (SSSR count). The predicted octanol–water partition coefficient (Wildman–Crippen LogP) is 4.24. The molecule has 2 aliphatic carbocycles. The van der Waals surface area contributed by atoms with Gasteiger partial charge in [-0.2, -0.15) is 0 Å². The van der Waals surface area contributed by atoms with Crippen LogP contribution in [-0.2, 0) is 4.79 Å². The number of fused-ring (bicyclic) bond motifs is 2. The van der Waals surface area contributed by atoms with Gasteiger partial charge in [0.1, 0.15) is 0 Å². The van der Waals surface area contributed by atoms with E-state index in [1.807, 2.05) is 0 Å². The smallest absolute Gasteiger partial charge is 0.220 e. The fourth-order valence-electron chi connectivity index (χ4n) is 4.35. The van der Waals surface area contributed by atoms with Gasteiger partial charge in [0.15, 0.2) is 5.78 Å². The molecule has 0 aliphatic heterocycles. The van der Waals surface area contributed by atoms with Gasteiger partial charge in [0.2, 0.25) is 5.91 Å². The maximum Gasteiger partial charge on any atom is 0.220 e. The van der Waals surface area contributed by atoms with Crippen LogP contribution in [0.25, 0.3) is 0 Å². The van der Waals surface area contributed by atoms with Crippen molar-refractivity contribution >= 4 is 23.3 Å². The molecular weight excluding hydrogens is 310 g/mol. The van der Waals surface area contributed by atoms with E-state index >= 15 is 0 Å². The Bertz CT molecular complexity index is 584. The SMILES string of the molecule is CC(NC(=O)CCC(=O)c1ccc(Cl)cc1)C1CC2CCC1C2. The van der Waals surface area contributed by atoms with Gasteiger partial charge >= 0.3 is 0 Å². The van der Waals surface area contributed by atoms with E-state index in [1.54, 1.807) is 24.3 Å². The van der Waals surface area contributed by atoms with Crippen molar-refractivity contribution in [3.8, 4) is 0 Å². The summed E-state index contributed by atoms with van der Waals surface area (Å²) in [7, 11) is 0. The van der Waals surface area contributed by atoms with Crippen LogP contribution in [0.5, 0.6) is 0 Å². The molecule has 0 radical (unpaired) electrons. The van der Waals surface area contributed by atoms with E-state index in [0.717, 1.165) is 11.8 Å². The molecular formula is C19H24ClNO2. The van der Waals surface area contributed by atoms with Gasteiger partial charge in [-0.25, -0.2) is 0 Å². The van der Waals surface area contributed by atoms with E-state index in [4.69, 9.17) is 11.6 Å². The van der Waals surface area contributed by atoms with Crippen LogP contribution in [0.3, 0.4) is 0 Å². The molecule has 3 nitrogen and oxygen atoms in total. The van der Waals surface area contributed by atoms with Crippen LogP contribution in [0.15, 0.2) is 24.3 Å². The van der Waals surface area contributed by atoms with Gasteiger partial charge in [0.05, 0.1) is 0 Å². The molecule has 4 heteroatoms. The Morgan fingerprint density at radius 2 is 1.91 bits per heavy atom. The maximum atomic E-state index is 12.1. The number of ketones is 1. The highest BCUT2D eigenvalue weighted by Crippen LogP contribution is 2.49. The third kappa shape index (κ3) is 3.95. The van der Waals surface area contributed by atoms with Gasteiger partial charge in [-0.15, -0.1) is 0 Å². The number of Topliss-reactive ketones (excluding diaryl/α,β-unsaturated/α-hetero) is 1. The summed E-state index contributed by atoms with van der Waals surface area (Å²) in [6.45, 7) is 2.12. The van der Waals surface area contributed by atoms with Crippen molar-refractivity contribution in [2.75, 3.05) is 0 Å². The van der Waals surface area contributed by atoms with Crippen LogP contribution in [-0.4, -0.2) is 17.7 Å². The predicted molar refractivity (Wildman–Crippen MR) is 91.6 cm³/mol. The number of hydrogen-bond donors (Lipinski definition) is 1. The highest BCUT2D eigenvalue weighted by molar-refractivity contribution is 6.30. The summed E-state index contributed by atoms with van der Waals surface area (Å²) in [5, 5.41) is 3.72. The van der Waals surface area contributed by atoms with Crippen molar-refractivity contribution in [3.63, 3.8) is 0 Å². The van der Waals surface area contributed by atoms with E-state index in [0.29, 0.717) is 16.5 Å². The molecule has 0 spiro atoms. The summed E-state index contributed by atoms with van der Waals surface area (Å²) in [6.07, 6.45) is 5.81. The second kappa shape index (κ2) is 7.04. The number of halogens is 1. The standard InChI is InChI=1S/C19H24ClNO2/c1-12(17-11-13-2-3-15(17)10-13)21-19(23)9-8-18(22)14-4-6-16(20)7-5-14/h4-7,12-13,15,17H,2-3,8-11H2,1H3,(H,21,23). The molecule has 4 unspecified atom stereocenters. The number of carbonyl (C=O) groups excluding carboxylic acids is 2. The van der Waals surface area contributed by atoms with Crippen LogP contribution < -0.4 is 5.32 Å². The highest BCUT2D eigenvalue weighted by atomic mass is 35.5. The summed E-state index contributed by atoms with van der Waals surface area (Å²) in [5.74, 6) is 2.29. The van der Waals surface area contributed by atoms with Crippen molar-refractivity contribution < 1.29 is 9.59 Å². The zero-order chi connectivity index (χ0) is 16.4. The zero-order valence-electron chi connectivity index (χ0n) is 13.6. The molecule has 1 amide bonds. The number of benzene rings is 1. The molecule has 1 aromatic rings. The molecule has 4 atom stereocenters. The first kappa shape index (κ1) is 16.5. The van der Waals surface area contributed by atoms with Crippen molar-refractivity contribution in [1.29, 1.82) is 0 Å². The molecule has 0 aromatic heterocycles. The van der Waals surface area contributed by atoms with Crippen LogP contribution in [0, 0.1) is 17.8 Å². The van der Waals surface area contributed by atoms with Crippen LogP contribution in [0.2, 0.25) is 5.02 Å². The average molecular weight is 334 g/mol. The largest absolute Gasteiger partial charge is 0.353 e. The van der Waals surface area contributed by atoms with E-state index in [-0.39, 0.29) is 30.6 Å². The van der Waals surface area contributed by atoms with Crippen LogP contribution in [0.4, 0.5) is 0 Å². The molecule has 1 N–H and O–H groups in total. The van der Waals surface area contributed by atoms with Gasteiger partial charge < -0.3 is 5.32 Å². The lowest BCUT2D eigenvalue weighted by molar-refractivity contribution is -0.122. The Morgan fingerprint density at radius 3 is 2.52 bits per heavy atom. The van der Waals surface area contributed by atoms with Gasteiger partial charge in [-0.1, -0.05) is 18.0 Å². The molecule has 2 fully saturated rings. The van der Waals surface area contributed by atoms with E-state index in [9.17, 15) is 9.59 Å². The normalized spacial score (nSPS) is 27.0. The Morgan fingerprint density at radius 1 is 1.17 bits per heavy atom. The molecule has 0 saturated heterocycles. The lowest BCUT2D eigenvalue weighted by Gasteiger charge is -2.28. The molecule has 2 saturated carbocycles. The minimum absolute atomic E-state index is 0.00982. The molecule has 2 bridgehead atoms. The third-order valence-electron chi connectivity index (χ3n) is 5.57. The Kier molecular flexibility index (Phi) is 5.05.